The van der Waals surface area contributed by atoms with Crippen LogP contribution in [0.3, 0.4) is 0 Å². The molecule has 6 nitrogen and oxygen atoms in total. The van der Waals surface area contributed by atoms with E-state index < -0.39 is 5.82 Å². The largest absolute Gasteiger partial charge is 0.338 e. The highest BCUT2D eigenvalue weighted by Crippen LogP contribution is 2.33. The number of nitrogens with zero attached hydrogens (tertiary/aromatic N) is 5. The molecule has 0 aliphatic heterocycles. The molecule has 0 fully saturated rings. The molecular weight excluding hydrogens is 434 g/mol. The van der Waals surface area contributed by atoms with Crippen LogP contribution in [0, 0.1) is 11.6 Å². The Balaban J connectivity index is 1.74. The van der Waals surface area contributed by atoms with E-state index in [4.69, 9.17) is 4.98 Å². The lowest BCUT2D eigenvalue weighted by molar-refractivity contribution is 0.621. The molecule has 0 bridgehead atoms. The van der Waals surface area contributed by atoms with Gasteiger partial charge in [0.1, 0.15) is 28.8 Å². The van der Waals surface area contributed by atoms with Crippen molar-refractivity contribution in [2.45, 2.75) is 26.8 Å². The van der Waals surface area contributed by atoms with Crippen molar-refractivity contribution >= 4 is 34.1 Å². The van der Waals surface area contributed by atoms with Crippen LogP contribution in [0.25, 0.3) is 22.4 Å². The first-order chi connectivity index (χ1) is 16.3. The van der Waals surface area contributed by atoms with E-state index in [0.29, 0.717) is 34.4 Å². The molecule has 0 aliphatic rings. The van der Waals surface area contributed by atoms with Crippen LogP contribution in [0.15, 0.2) is 72.5 Å². The topological polar surface area (TPSA) is 58.3 Å². The summed E-state index contributed by atoms with van der Waals surface area (Å²) < 4.78 is 30.5. The van der Waals surface area contributed by atoms with E-state index in [1.165, 1.54) is 24.4 Å². The fraction of sp³-hybridized carbons (Fsp3) is 0.192. The molecule has 0 saturated carbocycles. The number of rotatable bonds is 6. The van der Waals surface area contributed by atoms with Gasteiger partial charge in [-0.2, -0.15) is 0 Å². The van der Waals surface area contributed by atoms with Crippen LogP contribution >= 0.6 is 0 Å². The van der Waals surface area contributed by atoms with E-state index in [-0.39, 0.29) is 11.9 Å². The van der Waals surface area contributed by atoms with E-state index in [2.05, 4.69) is 40.3 Å². The van der Waals surface area contributed by atoms with Crippen LogP contribution in [0.1, 0.15) is 26.8 Å². The van der Waals surface area contributed by atoms with Gasteiger partial charge in [-0.25, -0.2) is 23.7 Å². The van der Waals surface area contributed by atoms with Crippen LogP contribution in [0.5, 0.6) is 0 Å². The number of pyridine rings is 1. The number of imidazole rings is 1. The van der Waals surface area contributed by atoms with Crippen molar-refractivity contribution in [2.24, 2.45) is 4.99 Å². The third-order valence-corrected chi connectivity index (χ3v) is 5.56. The molecule has 0 amide bonds. The molecule has 174 valence electrons. The van der Waals surface area contributed by atoms with Gasteiger partial charge in [-0.05, 0) is 69.3 Å². The van der Waals surface area contributed by atoms with Crippen LogP contribution in [-0.2, 0) is 0 Å². The van der Waals surface area contributed by atoms with Crippen molar-refractivity contribution in [3.63, 3.8) is 0 Å². The zero-order chi connectivity index (χ0) is 24.4. The average molecular weight is 461 g/mol. The lowest BCUT2D eigenvalue weighted by Gasteiger charge is -2.19. The van der Waals surface area contributed by atoms with Crippen LogP contribution in [0.4, 0.5) is 26.0 Å². The summed E-state index contributed by atoms with van der Waals surface area (Å²) in [6.45, 7) is 9.48. The fourth-order valence-corrected chi connectivity index (χ4v) is 3.83. The van der Waals surface area contributed by atoms with Gasteiger partial charge in [-0.3, -0.25) is 0 Å². The van der Waals surface area contributed by atoms with Gasteiger partial charge >= 0.3 is 0 Å². The Bertz CT molecular complexity index is 1370. The molecule has 0 unspecified atom stereocenters. The molecular formula is C26H26F2N6. The zero-order valence-corrected chi connectivity index (χ0v) is 19.5. The highest BCUT2D eigenvalue weighted by Gasteiger charge is 2.19. The molecule has 0 aliphatic carbocycles. The summed E-state index contributed by atoms with van der Waals surface area (Å²) in [5, 5.41) is 3.20. The molecule has 2 aromatic heterocycles. The van der Waals surface area contributed by atoms with Crippen molar-refractivity contribution in [3.05, 3.63) is 79.1 Å². The number of aromatic nitrogens is 3. The summed E-state index contributed by atoms with van der Waals surface area (Å²) in [4.78, 5) is 15.0. The van der Waals surface area contributed by atoms with Crippen LogP contribution in [0.2, 0.25) is 0 Å². The maximum atomic E-state index is 14.9. The molecule has 0 spiro atoms. The van der Waals surface area contributed by atoms with Gasteiger partial charge in [0.25, 0.3) is 0 Å². The van der Waals surface area contributed by atoms with Gasteiger partial charge in [0.15, 0.2) is 5.82 Å². The summed E-state index contributed by atoms with van der Waals surface area (Å²) >= 11 is 0. The van der Waals surface area contributed by atoms with Crippen molar-refractivity contribution in [1.82, 2.24) is 14.5 Å². The van der Waals surface area contributed by atoms with E-state index in [1.54, 1.807) is 49.3 Å². The maximum absolute atomic E-state index is 14.9. The molecule has 2 aromatic carbocycles. The molecule has 0 saturated heterocycles. The molecule has 34 heavy (non-hydrogen) atoms. The number of hydrogen-bond donors (Lipinski definition) is 1. The Hall–Kier alpha value is -4.07. The second kappa shape index (κ2) is 9.43. The zero-order valence-electron chi connectivity index (χ0n) is 19.5. The Labute approximate surface area is 197 Å². The number of fused-ring (bicyclic) bond motifs is 1. The molecule has 4 aromatic rings. The second-order valence-electron chi connectivity index (χ2n) is 8.14. The molecule has 0 radical (unpaired) electrons. The SMILES string of the molecule is C=CN=C(C)N(C)c1ccc(Nc2nccc3c2nc(-c2ccc(F)cc2)n3C(C)C)cc1F. The first-order valence-electron chi connectivity index (χ1n) is 10.9. The fourth-order valence-electron chi connectivity index (χ4n) is 3.83. The van der Waals surface area contributed by atoms with Crippen molar-refractivity contribution < 1.29 is 8.78 Å². The molecule has 4 rings (SSSR count). The van der Waals surface area contributed by atoms with Crippen LogP contribution < -0.4 is 10.2 Å². The summed E-state index contributed by atoms with van der Waals surface area (Å²) in [5.41, 5.74) is 3.25. The van der Waals surface area contributed by atoms with Crippen molar-refractivity contribution in [2.75, 3.05) is 17.3 Å². The summed E-state index contributed by atoms with van der Waals surface area (Å²) in [5.74, 6) is 1.12. The Morgan fingerprint density at radius 1 is 1.15 bits per heavy atom. The highest BCUT2D eigenvalue weighted by atomic mass is 19.1. The lowest BCUT2D eigenvalue weighted by Crippen LogP contribution is -2.24. The minimum absolute atomic E-state index is 0.105. The summed E-state index contributed by atoms with van der Waals surface area (Å²) in [7, 11) is 1.74. The number of halogens is 2. The van der Waals surface area contributed by atoms with E-state index in [1.807, 2.05) is 6.07 Å². The number of aliphatic imine (C=N–C) groups is 1. The Morgan fingerprint density at radius 2 is 1.88 bits per heavy atom. The average Bonchev–Trinajstić information content (AvgIpc) is 3.20. The number of anilines is 3. The number of hydrogen-bond acceptors (Lipinski definition) is 4. The third kappa shape index (κ3) is 4.39. The number of nitrogens with one attached hydrogen (secondary N) is 1. The van der Waals surface area contributed by atoms with Gasteiger partial charge < -0.3 is 14.8 Å². The standard InChI is InChI=1S/C26H26F2N6/c1-6-29-17(4)33(5)22-12-11-20(15-21(22)28)31-25-24-23(13-14-30-25)34(16(2)3)26(32-24)18-7-9-19(27)10-8-18/h6-16H,1H2,2-5H3,(H,30,31). The molecule has 8 heteroatoms. The van der Waals surface area contributed by atoms with E-state index >= 15 is 0 Å². The quantitative estimate of drug-likeness (QED) is 0.257. The second-order valence-corrected chi connectivity index (χ2v) is 8.14. The predicted octanol–water partition coefficient (Wildman–Crippen LogP) is 6.70. The van der Waals surface area contributed by atoms with Gasteiger partial charge in [0, 0.05) is 36.7 Å². The summed E-state index contributed by atoms with van der Waals surface area (Å²) in [6, 6.07) is 13.1. The third-order valence-electron chi connectivity index (χ3n) is 5.56. The molecule has 2 heterocycles. The molecule has 1 N–H and O–H groups in total. The molecule has 0 atom stereocenters. The van der Waals surface area contributed by atoms with Gasteiger partial charge in [0.05, 0.1) is 11.2 Å². The monoisotopic (exact) mass is 460 g/mol. The maximum Gasteiger partial charge on any atom is 0.158 e. The van der Waals surface area contributed by atoms with Crippen molar-refractivity contribution in [1.29, 1.82) is 0 Å². The summed E-state index contributed by atoms with van der Waals surface area (Å²) in [6.07, 6.45) is 3.11. The van der Waals surface area contributed by atoms with Gasteiger partial charge in [-0.1, -0.05) is 6.58 Å². The van der Waals surface area contributed by atoms with Crippen molar-refractivity contribution in [3.8, 4) is 11.4 Å². The van der Waals surface area contributed by atoms with Gasteiger partial charge in [0.2, 0.25) is 0 Å². The smallest absolute Gasteiger partial charge is 0.158 e. The van der Waals surface area contributed by atoms with Gasteiger partial charge in [-0.15, -0.1) is 0 Å². The Kier molecular flexibility index (Phi) is 6.40. The highest BCUT2D eigenvalue weighted by molar-refractivity contribution is 5.96. The minimum atomic E-state index is -0.405. The van der Waals surface area contributed by atoms with E-state index in [0.717, 1.165) is 11.1 Å². The first kappa shape index (κ1) is 23.1. The number of benzene rings is 2. The number of amidine groups is 1. The predicted molar refractivity (Wildman–Crippen MR) is 135 cm³/mol. The van der Waals surface area contributed by atoms with Crippen LogP contribution in [-0.4, -0.2) is 27.4 Å². The lowest BCUT2D eigenvalue weighted by atomic mass is 10.2. The normalized spacial score (nSPS) is 11.8. The first-order valence-corrected chi connectivity index (χ1v) is 10.9. The minimum Gasteiger partial charge on any atom is -0.338 e. The Morgan fingerprint density at radius 3 is 2.53 bits per heavy atom. The van der Waals surface area contributed by atoms with E-state index in [9.17, 15) is 8.78 Å².